The average molecular weight is 400 g/mol. The first kappa shape index (κ1) is 21.3. The van der Waals surface area contributed by atoms with E-state index in [2.05, 4.69) is 30.3 Å². The van der Waals surface area contributed by atoms with Gasteiger partial charge in [-0.25, -0.2) is 0 Å². The minimum Gasteiger partial charge on any atom is -0.491 e. The fourth-order valence-electron chi connectivity index (χ4n) is 3.75. The number of aliphatic hydroxyl groups is 1. The highest BCUT2D eigenvalue weighted by atomic mass is 16.5. The first-order chi connectivity index (χ1) is 14.0. The number of nitrogens with zero attached hydrogens (tertiary/aromatic N) is 1. The Bertz CT molecular complexity index is 759. The van der Waals surface area contributed by atoms with Crippen LogP contribution in [0.25, 0.3) is 0 Å². The van der Waals surface area contributed by atoms with Gasteiger partial charge >= 0.3 is 0 Å². The van der Waals surface area contributed by atoms with Gasteiger partial charge in [-0.05, 0) is 24.3 Å². The Labute approximate surface area is 173 Å². The van der Waals surface area contributed by atoms with Crippen LogP contribution >= 0.6 is 0 Å². The van der Waals surface area contributed by atoms with Crippen LogP contribution in [0.1, 0.15) is 12.5 Å². The van der Waals surface area contributed by atoms with Gasteiger partial charge in [-0.2, -0.15) is 0 Å². The molecule has 0 aromatic heterocycles. The van der Waals surface area contributed by atoms with Crippen molar-refractivity contribution in [2.45, 2.75) is 19.6 Å². The number of aliphatic hydroxyl groups excluding tert-OH is 1. The van der Waals surface area contributed by atoms with Gasteiger partial charge in [0.1, 0.15) is 57.7 Å². The number of nitrogens with one attached hydrogen (secondary N) is 2. The van der Waals surface area contributed by atoms with Crippen LogP contribution in [0, 0.1) is 0 Å². The van der Waals surface area contributed by atoms with Gasteiger partial charge in [0.15, 0.2) is 0 Å². The zero-order chi connectivity index (χ0) is 20.6. The molecule has 1 atom stereocenters. The smallest absolute Gasteiger partial charge is 0.223 e. The lowest BCUT2D eigenvalue weighted by Gasteiger charge is -2.30. The zero-order valence-electron chi connectivity index (χ0n) is 17.4. The molecule has 1 fully saturated rings. The molecule has 1 amide bonds. The average Bonchev–Trinajstić information content (AvgIpc) is 2.74. The number of rotatable bonds is 8. The third-order valence-electron chi connectivity index (χ3n) is 5.62. The molecule has 0 saturated carbocycles. The fourth-order valence-corrected chi connectivity index (χ4v) is 3.75. The van der Waals surface area contributed by atoms with E-state index in [1.54, 1.807) is 16.8 Å². The summed E-state index contributed by atoms with van der Waals surface area (Å²) >= 11 is 0. The number of quaternary nitrogens is 2. The summed E-state index contributed by atoms with van der Waals surface area (Å²) in [7, 11) is 1.74. The van der Waals surface area contributed by atoms with E-state index in [0.29, 0.717) is 12.3 Å². The zero-order valence-corrected chi connectivity index (χ0v) is 17.4. The summed E-state index contributed by atoms with van der Waals surface area (Å²) in [6, 6.07) is 18.0. The first-order valence-corrected chi connectivity index (χ1v) is 10.4. The molecule has 1 aliphatic heterocycles. The van der Waals surface area contributed by atoms with E-state index < -0.39 is 6.10 Å². The van der Waals surface area contributed by atoms with Gasteiger partial charge in [-0.15, -0.1) is 0 Å². The Hall–Kier alpha value is -2.41. The van der Waals surface area contributed by atoms with Crippen LogP contribution in [-0.2, 0) is 11.3 Å². The SMILES string of the molecule is CC(=O)N(C)c1ccc(OC[C@@H](O)C[NH+]2CC[NH+](Cc3ccccc3)CC2)cc1. The van der Waals surface area contributed by atoms with E-state index >= 15 is 0 Å². The standard InChI is InChI=1S/C23H31N3O3/c1-19(27)24(2)21-8-10-23(11-9-21)29-18-22(28)17-26-14-12-25(13-15-26)16-20-6-4-3-5-7-20/h3-11,22,28H,12-18H2,1-2H3/p+2/t22-/m0/s1. The normalized spacial score (nSPS) is 20.1. The van der Waals surface area contributed by atoms with Crippen molar-refractivity contribution in [2.75, 3.05) is 51.3 Å². The van der Waals surface area contributed by atoms with Crippen molar-refractivity contribution in [3.05, 3.63) is 60.2 Å². The van der Waals surface area contributed by atoms with Gasteiger partial charge in [0.25, 0.3) is 0 Å². The van der Waals surface area contributed by atoms with E-state index in [9.17, 15) is 9.90 Å². The molecule has 156 valence electrons. The monoisotopic (exact) mass is 399 g/mol. The Morgan fingerprint density at radius 1 is 1.03 bits per heavy atom. The van der Waals surface area contributed by atoms with Crippen LogP contribution in [0.4, 0.5) is 5.69 Å². The number of carbonyl (C=O) groups is 1. The molecular weight excluding hydrogens is 366 g/mol. The van der Waals surface area contributed by atoms with Gasteiger partial charge in [-0.3, -0.25) is 4.79 Å². The molecule has 3 N–H and O–H groups in total. The molecule has 0 spiro atoms. The molecule has 1 heterocycles. The van der Waals surface area contributed by atoms with Gasteiger partial charge in [0, 0.05) is 25.2 Å². The molecule has 6 heteroatoms. The van der Waals surface area contributed by atoms with Gasteiger partial charge in [0.2, 0.25) is 5.91 Å². The molecule has 0 aliphatic carbocycles. The molecular formula is C23H33N3O3+2. The third-order valence-corrected chi connectivity index (χ3v) is 5.62. The van der Waals surface area contributed by atoms with Gasteiger partial charge in [-0.1, -0.05) is 30.3 Å². The Morgan fingerprint density at radius 3 is 2.28 bits per heavy atom. The lowest BCUT2D eigenvalue weighted by atomic mass is 10.2. The van der Waals surface area contributed by atoms with Crippen molar-refractivity contribution in [3.63, 3.8) is 0 Å². The number of benzene rings is 2. The quantitative estimate of drug-likeness (QED) is 0.555. The van der Waals surface area contributed by atoms with Crippen LogP contribution in [0.2, 0.25) is 0 Å². The van der Waals surface area contributed by atoms with Crippen molar-refractivity contribution in [1.29, 1.82) is 0 Å². The number of amides is 1. The summed E-state index contributed by atoms with van der Waals surface area (Å²) in [5.74, 6) is 0.694. The van der Waals surface area contributed by atoms with E-state index in [0.717, 1.165) is 38.4 Å². The van der Waals surface area contributed by atoms with Crippen molar-refractivity contribution in [1.82, 2.24) is 0 Å². The van der Waals surface area contributed by atoms with Gasteiger partial charge in [0.05, 0.1) is 0 Å². The summed E-state index contributed by atoms with van der Waals surface area (Å²) in [4.78, 5) is 16.0. The van der Waals surface area contributed by atoms with Gasteiger partial charge < -0.3 is 24.5 Å². The van der Waals surface area contributed by atoms with Crippen LogP contribution in [-0.4, -0.2) is 63.5 Å². The van der Waals surface area contributed by atoms with E-state index in [-0.39, 0.29) is 12.5 Å². The summed E-state index contributed by atoms with van der Waals surface area (Å²) in [5.41, 5.74) is 2.21. The number of anilines is 1. The number of carbonyl (C=O) groups excluding carboxylic acids is 1. The van der Waals surface area contributed by atoms with Crippen molar-refractivity contribution in [2.24, 2.45) is 0 Å². The lowest BCUT2D eigenvalue weighted by molar-refractivity contribution is -1.02. The lowest BCUT2D eigenvalue weighted by Crippen LogP contribution is -3.28. The molecule has 1 saturated heterocycles. The number of hydrogen-bond acceptors (Lipinski definition) is 3. The van der Waals surface area contributed by atoms with E-state index in [1.165, 1.54) is 17.4 Å². The maximum Gasteiger partial charge on any atom is 0.223 e. The topological polar surface area (TPSA) is 58.6 Å². The minimum absolute atomic E-state index is 0.0113. The third kappa shape index (κ3) is 6.56. The molecule has 0 radical (unpaired) electrons. The van der Waals surface area contributed by atoms with Crippen molar-refractivity contribution < 1.29 is 24.4 Å². The maximum atomic E-state index is 11.4. The second-order valence-corrected chi connectivity index (χ2v) is 7.90. The fraction of sp³-hybridized carbons (Fsp3) is 0.435. The Morgan fingerprint density at radius 2 is 1.66 bits per heavy atom. The molecule has 2 aromatic carbocycles. The molecule has 3 rings (SSSR count). The highest BCUT2D eigenvalue weighted by Crippen LogP contribution is 2.18. The second-order valence-electron chi connectivity index (χ2n) is 7.90. The minimum atomic E-state index is -0.486. The molecule has 0 unspecified atom stereocenters. The number of hydrogen-bond donors (Lipinski definition) is 3. The van der Waals surface area contributed by atoms with Crippen molar-refractivity contribution in [3.8, 4) is 5.75 Å². The Kier molecular flexibility index (Phi) is 7.63. The largest absolute Gasteiger partial charge is 0.491 e. The Balaban J connectivity index is 1.37. The van der Waals surface area contributed by atoms with Crippen LogP contribution in [0.5, 0.6) is 5.75 Å². The highest BCUT2D eigenvalue weighted by Gasteiger charge is 2.25. The number of ether oxygens (including phenoxy) is 1. The molecule has 2 aromatic rings. The summed E-state index contributed by atoms with van der Waals surface area (Å²) < 4.78 is 5.73. The molecule has 6 nitrogen and oxygen atoms in total. The summed E-state index contributed by atoms with van der Waals surface area (Å²) in [5, 5.41) is 10.4. The first-order valence-electron chi connectivity index (χ1n) is 10.4. The predicted molar refractivity (Wildman–Crippen MR) is 113 cm³/mol. The maximum absolute atomic E-state index is 11.4. The predicted octanol–water partition coefficient (Wildman–Crippen LogP) is -0.607. The van der Waals surface area contributed by atoms with Crippen LogP contribution in [0.15, 0.2) is 54.6 Å². The number of piperazine rings is 1. The molecule has 1 aliphatic rings. The summed E-state index contributed by atoms with van der Waals surface area (Å²) in [6.07, 6.45) is -0.486. The van der Waals surface area contributed by atoms with Crippen molar-refractivity contribution >= 4 is 11.6 Å². The van der Waals surface area contributed by atoms with Crippen LogP contribution < -0.4 is 19.4 Å². The molecule has 0 bridgehead atoms. The highest BCUT2D eigenvalue weighted by molar-refractivity contribution is 5.90. The second kappa shape index (κ2) is 10.4. The summed E-state index contributed by atoms with van der Waals surface area (Å²) in [6.45, 7) is 8.01. The van der Waals surface area contributed by atoms with Crippen LogP contribution in [0.3, 0.4) is 0 Å². The van der Waals surface area contributed by atoms with E-state index in [1.807, 2.05) is 24.3 Å². The molecule has 29 heavy (non-hydrogen) atoms. The van der Waals surface area contributed by atoms with E-state index in [4.69, 9.17) is 4.74 Å².